The van der Waals surface area contributed by atoms with E-state index in [2.05, 4.69) is 24.3 Å². The number of likely N-dealkylation sites (N-methyl/N-ethyl adjacent to an activating group) is 1. The van der Waals surface area contributed by atoms with Gasteiger partial charge in [0.1, 0.15) is 5.69 Å². The van der Waals surface area contributed by atoms with Gasteiger partial charge >= 0.3 is 0 Å². The summed E-state index contributed by atoms with van der Waals surface area (Å²) in [6.07, 6.45) is 2.69. The van der Waals surface area contributed by atoms with Crippen LogP contribution in [0.5, 0.6) is 5.88 Å². The van der Waals surface area contributed by atoms with Gasteiger partial charge in [0.25, 0.3) is 5.91 Å². The number of carbonyl (C=O) groups excluding carboxylic acids is 1. The lowest BCUT2D eigenvalue weighted by Gasteiger charge is -2.38. The number of ether oxygens (including phenoxy) is 1. The average Bonchev–Trinajstić information content (AvgIpc) is 2.81. The highest BCUT2D eigenvalue weighted by Gasteiger charge is 2.35. The third-order valence-corrected chi connectivity index (χ3v) is 6.65. The third-order valence-electron chi connectivity index (χ3n) is 6.65. The van der Waals surface area contributed by atoms with Crippen molar-refractivity contribution < 1.29 is 14.6 Å². The minimum absolute atomic E-state index is 0.128. The predicted octanol–water partition coefficient (Wildman–Crippen LogP) is 3.86. The van der Waals surface area contributed by atoms with E-state index in [1.54, 1.807) is 11.9 Å². The number of anilines is 1. The van der Waals surface area contributed by atoms with Crippen LogP contribution in [-0.4, -0.2) is 35.8 Å². The van der Waals surface area contributed by atoms with E-state index in [9.17, 15) is 9.90 Å². The Morgan fingerprint density at radius 2 is 1.84 bits per heavy atom. The van der Waals surface area contributed by atoms with Crippen molar-refractivity contribution in [2.24, 2.45) is 5.73 Å². The van der Waals surface area contributed by atoms with Gasteiger partial charge in [0, 0.05) is 36.7 Å². The molecule has 6 nitrogen and oxygen atoms in total. The van der Waals surface area contributed by atoms with Crippen LogP contribution in [0.1, 0.15) is 31.2 Å². The SMILES string of the molecule is CN1C(=O)C(CCO)Oc2nc(-c3ccc(C4(N)CCC4)cc3)c(-c3ccccc3)cc21. The monoisotopic (exact) mass is 429 g/mol. The summed E-state index contributed by atoms with van der Waals surface area (Å²) < 4.78 is 5.93. The molecule has 0 spiro atoms. The molecule has 0 bridgehead atoms. The number of amides is 1. The minimum atomic E-state index is -0.737. The number of carbonyl (C=O) groups is 1. The van der Waals surface area contributed by atoms with Crippen molar-refractivity contribution in [3.8, 4) is 28.3 Å². The summed E-state index contributed by atoms with van der Waals surface area (Å²) in [7, 11) is 1.72. The molecule has 32 heavy (non-hydrogen) atoms. The number of nitrogens with two attached hydrogens (primary N) is 1. The number of nitrogens with zero attached hydrogens (tertiary/aromatic N) is 2. The number of pyridine rings is 1. The third kappa shape index (κ3) is 3.45. The lowest BCUT2D eigenvalue weighted by atomic mass is 9.72. The second-order valence-electron chi connectivity index (χ2n) is 8.68. The van der Waals surface area contributed by atoms with Gasteiger partial charge in [-0.1, -0.05) is 54.6 Å². The second-order valence-corrected chi connectivity index (χ2v) is 8.68. The highest BCUT2D eigenvalue weighted by atomic mass is 16.5. The van der Waals surface area contributed by atoms with Gasteiger partial charge in [-0.05, 0) is 36.5 Å². The molecule has 1 amide bonds. The van der Waals surface area contributed by atoms with E-state index in [4.69, 9.17) is 15.5 Å². The summed E-state index contributed by atoms with van der Waals surface area (Å²) in [5.41, 5.74) is 11.7. The van der Waals surface area contributed by atoms with Crippen LogP contribution >= 0.6 is 0 Å². The van der Waals surface area contributed by atoms with Crippen molar-refractivity contribution in [1.82, 2.24) is 4.98 Å². The van der Waals surface area contributed by atoms with E-state index in [1.807, 2.05) is 36.4 Å². The Kier molecular flexibility index (Phi) is 5.19. The van der Waals surface area contributed by atoms with Crippen LogP contribution in [0.25, 0.3) is 22.4 Å². The van der Waals surface area contributed by atoms with Gasteiger partial charge in [-0.2, -0.15) is 0 Å². The molecular formula is C26H27N3O3. The normalized spacial score (nSPS) is 19.2. The zero-order valence-electron chi connectivity index (χ0n) is 18.1. The van der Waals surface area contributed by atoms with E-state index in [0.29, 0.717) is 11.6 Å². The number of hydrogen-bond donors (Lipinski definition) is 2. The number of aromatic nitrogens is 1. The zero-order chi connectivity index (χ0) is 22.3. The summed E-state index contributed by atoms with van der Waals surface area (Å²) in [5, 5.41) is 9.33. The first-order valence-corrected chi connectivity index (χ1v) is 11.1. The van der Waals surface area contributed by atoms with Crippen LogP contribution in [0.4, 0.5) is 5.69 Å². The maximum Gasteiger partial charge on any atom is 0.268 e. The lowest BCUT2D eigenvalue weighted by Crippen LogP contribution is -2.44. The van der Waals surface area contributed by atoms with Gasteiger partial charge in [0.15, 0.2) is 6.10 Å². The molecule has 0 radical (unpaired) electrons. The molecule has 5 rings (SSSR count). The fourth-order valence-corrected chi connectivity index (χ4v) is 4.50. The summed E-state index contributed by atoms with van der Waals surface area (Å²) in [5.74, 6) is 0.219. The highest BCUT2D eigenvalue weighted by molar-refractivity contribution is 6.00. The summed E-state index contributed by atoms with van der Waals surface area (Å²) in [6.45, 7) is -0.128. The zero-order valence-corrected chi connectivity index (χ0v) is 18.1. The minimum Gasteiger partial charge on any atom is -0.463 e. The fraction of sp³-hybridized carbons (Fsp3) is 0.308. The number of hydrogen-bond acceptors (Lipinski definition) is 5. The van der Waals surface area contributed by atoms with Crippen molar-refractivity contribution in [3.05, 3.63) is 66.2 Å². The molecule has 1 saturated carbocycles. The van der Waals surface area contributed by atoms with Crippen molar-refractivity contribution in [2.75, 3.05) is 18.6 Å². The van der Waals surface area contributed by atoms with E-state index in [0.717, 1.165) is 40.8 Å². The van der Waals surface area contributed by atoms with Crippen molar-refractivity contribution in [1.29, 1.82) is 0 Å². The van der Waals surface area contributed by atoms with Gasteiger partial charge in [0.05, 0.1) is 5.69 Å². The Morgan fingerprint density at radius 1 is 1.12 bits per heavy atom. The number of benzene rings is 2. The van der Waals surface area contributed by atoms with Crippen LogP contribution in [0, 0.1) is 0 Å². The molecular weight excluding hydrogens is 402 g/mol. The lowest BCUT2D eigenvalue weighted by molar-refractivity contribution is -0.126. The van der Waals surface area contributed by atoms with Gasteiger partial charge in [-0.25, -0.2) is 4.98 Å². The molecule has 164 valence electrons. The van der Waals surface area contributed by atoms with Crippen molar-refractivity contribution in [2.45, 2.75) is 37.3 Å². The van der Waals surface area contributed by atoms with Gasteiger partial charge in [0.2, 0.25) is 5.88 Å². The van der Waals surface area contributed by atoms with E-state index < -0.39 is 6.10 Å². The van der Waals surface area contributed by atoms with Crippen molar-refractivity contribution >= 4 is 11.6 Å². The fourth-order valence-electron chi connectivity index (χ4n) is 4.50. The molecule has 6 heteroatoms. The molecule has 3 N–H and O–H groups in total. The summed E-state index contributed by atoms with van der Waals surface area (Å²) in [4.78, 5) is 19.1. The second kappa shape index (κ2) is 8.04. The maximum absolute atomic E-state index is 12.7. The Morgan fingerprint density at radius 3 is 2.47 bits per heavy atom. The molecule has 0 saturated heterocycles. The number of aliphatic hydroxyl groups is 1. The standard InChI is InChI=1S/C26H27N3O3/c1-29-21-16-20(17-6-3-2-4-7-17)23(28-24(21)32-22(12-15-30)25(29)31)18-8-10-19(11-9-18)26(27)13-5-14-26/h2-4,6-11,16,22,30H,5,12-15,27H2,1H3. The van der Waals surface area contributed by atoms with Gasteiger partial charge in [-0.15, -0.1) is 0 Å². The average molecular weight is 430 g/mol. The van der Waals surface area contributed by atoms with E-state index in [1.165, 1.54) is 6.42 Å². The van der Waals surface area contributed by atoms with Gasteiger partial charge in [-0.3, -0.25) is 4.79 Å². The molecule has 1 fully saturated rings. The Hall–Kier alpha value is -3.22. The van der Waals surface area contributed by atoms with Crippen LogP contribution in [0.15, 0.2) is 60.7 Å². The largest absolute Gasteiger partial charge is 0.463 e. The molecule has 2 heterocycles. The highest BCUT2D eigenvalue weighted by Crippen LogP contribution is 2.42. The number of fused-ring (bicyclic) bond motifs is 1. The van der Waals surface area contributed by atoms with Crippen molar-refractivity contribution in [3.63, 3.8) is 0 Å². The first-order valence-electron chi connectivity index (χ1n) is 11.1. The number of rotatable bonds is 5. The summed E-state index contributed by atoms with van der Waals surface area (Å²) in [6, 6.07) is 20.3. The molecule has 1 aromatic heterocycles. The molecule has 3 aromatic rings. The van der Waals surface area contributed by atoms with Crippen LogP contribution in [0.2, 0.25) is 0 Å². The quantitative estimate of drug-likeness (QED) is 0.643. The molecule has 2 aromatic carbocycles. The molecule has 1 unspecified atom stereocenters. The first kappa shape index (κ1) is 20.7. The maximum atomic E-state index is 12.7. The molecule has 2 aliphatic rings. The van der Waals surface area contributed by atoms with Crippen LogP contribution in [-0.2, 0) is 10.3 Å². The topological polar surface area (TPSA) is 88.7 Å². The molecule has 1 aliphatic heterocycles. The first-order chi connectivity index (χ1) is 15.5. The Balaban J connectivity index is 1.63. The van der Waals surface area contributed by atoms with Crippen LogP contribution in [0.3, 0.4) is 0 Å². The smallest absolute Gasteiger partial charge is 0.268 e. The Bertz CT molecular complexity index is 1140. The van der Waals surface area contributed by atoms with Gasteiger partial charge < -0.3 is 20.5 Å². The van der Waals surface area contributed by atoms with E-state index >= 15 is 0 Å². The predicted molar refractivity (Wildman–Crippen MR) is 124 cm³/mol. The van der Waals surface area contributed by atoms with E-state index in [-0.39, 0.29) is 24.5 Å². The summed E-state index contributed by atoms with van der Waals surface area (Å²) >= 11 is 0. The molecule has 1 aliphatic carbocycles. The molecule has 1 atom stereocenters. The Labute approximate surface area is 187 Å². The van der Waals surface area contributed by atoms with Crippen LogP contribution < -0.4 is 15.4 Å². The number of aliphatic hydroxyl groups excluding tert-OH is 1.